The molecular weight excluding hydrogens is 452 g/mol. The molecule has 2 aromatic heterocycles. The number of aromatic nitrogens is 1. The van der Waals surface area contributed by atoms with Gasteiger partial charge in [0.15, 0.2) is 5.76 Å². The van der Waals surface area contributed by atoms with Gasteiger partial charge < -0.3 is 19.1 Å². The van der Waals surface area contributed by atoms with Crippen LogP contribution in [0, 0.1) is 5.92 Å². The normalized spacial score (nSPS) is 20.5. The first-order valence-corrected chi connectivity index (χ1v) is 13.3. The minimum Gasteiger partial charge on any atom is -0.459 e. The molecule has 0 bridgehead atoms. The fourth-order valence-electron chi connectivity index (χ4n) is 5.36. The van der Waals surface area contributed by atoms with Crippen LogP contribution in [-0.2, 0) is 4.79 Å². The predicted octanol–water partition coefficient (Wildman–Crippen LogP) is 3.62. The molecule has 3 aliphatic rings. The number of thiazole rings is 1. The zero-order valence-electron chi connectivity index (χ0n) is 19.5. The number of hydrogen-bond acceptors (Lipinski definition) is 6. The number of rotatable bonds is 4. The first-order chi connectivity index (χ1) is 16.6. The highest BCUT2D eigenvalue weighted by Crippen LogP contribution is 2.33. The number of furan rings is 1. The Kier molecular flexibility index (Phi) is 6.99. The van der Waals surface area contributed by atoms with E-state index in [1.165, 1.54) is 25.5 Å². The van der Waals surface area contributed by atoms with Crippen LogP contribution in [0.1, 0.15) is 76.9 Å². The summed E-state index contributed by atoms with van der Waals surface area (Å²) >= 11 is 1.55. The van der Waals surface area contributed by atoms with Crippen molar-refractivity contribution in [3.05, 3.63) is 40.2 Å². The van der Waals surface area contributed by atoms with Crippen molar-refractivity contribution in [3.8, 4) is 0 Å². The fraction of sp³-hybridized carbons (Fsp3) is 0.600. The standard InChI is InChI=1S/C25H32N4O4S/c30-23(19-5-2-1-3-6-19)27-10-8-18(9-11-27)22-26-20(17-34-22)24(31)28-12-14-29(15-13-28)25(32)21-7-4-16-33-21/h4,7,16-19H,1-3,5-6,8-15H2. The first-order valence-electron chi connectivity index (χ1n) is 12.5. The van der Waals surface area contributed by atoms with Gasteiger partial charge in [0, 0.05) is 56.5 Å². The van der Waals surface area contributed by atoms with Gasteiger partial charge in [0.05, 0.1) is 11.3 Å². The average molecular weight is 485 g/mol. The highest BCUT2D eigenvalue weighted by atomic mass is 32.1. The lowest BCUT2D eigenvalue weighted by Crippen LogP contribution is -2.50. The maximum Gasteiger partial charge on any atom is 0.289 e. The van der Waals surface area contributed by atoms with E-state index in [4.69, 9.17) is 9.40 Å². The first kappa shape index (κ1) is 23.1. The summed E-state index contributed by atoms with van der Waals surface area (Å²) in [7, 11) is 0. The molecule has 2 saturated heterocycles. The lowest BCUT2D eigenvalue weighted by molar-refractivity contribution is -0.137. The van der Waals surface area contributed by atoms with E-state index in [0.29, 0.717) is 49.5 Å². The molecule has 0 unspecified atom stereocenters. The molecule has 9 heteroatoms. The predicted molar refractivity (Wildman–Crippen MR) is 128 cm³/mol. The summed E-state index contributed by atoms with van der Waals surface area (Å²) in [6, 6.07) is 3.36. The van der Waals surface area contributed by atoms with Crippen LogP contribution in [-0.4, -0.2) is 76.7 Å². The Morgan fingerprint density at radius 1 is 0.853 bits per heavy atom. The number of carbonyl (C=O) groups excluding carboxylic acids is 3. The van der Waals surface area contributed by atoms with Gasteiger partial charge in [0.1, 0.15) is 5.69 Å². The van der Waals surface area contributed by atoms with Gasteiger partial charge in [-0.25, -0.2) is 4.98 Å². The molecule has 3 fully saturated rings. The van der Waals surface area contributed by atoms with Gasteiger partial charge in [0.25, 0.3) is 11.8 Å². The third-order valence-corrected chi connectivity index (χ3v) is 8.44. The SMILES string of the molecule is O=C(c1csc(C2CCN(C(=O)C3CCCCC3)CC2)n1)N1CCN(C(=O)c2ccco2)CC1. The van der Waals surface area contributed by atoms with Crippen LogP contribution in [0.25, 0.3) is 0 Å². The molecule has 2 aromatic rings. The Morgan fingerprint density at radius 3 is 2.18 bits per heavy atom. The molecule has 4 heterocycles. The van der Waals surface area contributed by atoms with Crippen molar-refractivity contribution in [1.29, 1.82) is 0 Å². The van der Waals surface area contributed by atoms with Gasteiger partial charge in [-0.1, -0.05) is 19.3 Å². The summed E-state index contributed by atoms with van der Waals surface area (Å²) in [6.07, 6.45) is 9.02. The van der Waals surface area contributed by atoms with Gasteiger partial charge in [-0.3, -0.25) is 14.4 Å². The Hall–Kier alpha value is -2.68. The summed E-state index contributed by atoms with van der Waals surface area (Å²) in [6.45, 7) is 3.51. The zero-order chi connectivity index (χ0) is 23.5. The third kappa shape index (κ3) is 4.89. The van der Waals surface area contributed by atoms with Crippen LogP contribution in [0.5, 0.6) is 0 Å². The molecule has 5 rings (SSSR count). The average Bonchev–Trinajstić information content (AvgIpc) is 3.61. The van der Waals surface area contributed by atoms with E-state index in [2.05, 4.69) is 4.90 Å². The molecule has 1 saturated carbocycles. The van der Waals surface area contributed by atoms with Crippen molar-refractivity contribution in [3.63, 3.8) is 0 Å². The molecular formula is C25H32N4O4S. The van der Waals surface area contributed by atoms with Crippen molar-refractivity contribution in [2.24, 2.45) is 5.92 Å². The Labute approximate surface area is 203 Å². The molecule has 8 nitrogen and oxygen atoms in total. The number of hydrogen-bond donors (Lipinski definition) is 0. The summed E-state index contributed by atoms with van der Waals surface area (Å²) in [4.78, 5) is 48.5. The molecule has 0 N–H and O–H groups in total. The van der Waals surface area contributed by atoms with Crippen molar-refractivity contribution in [1.82, 2.24) is 19.7 Å². The smallest absolute Gasteiger partial charge is 0.289 e. The minimum atomic E-state index is -0.138. The van der Waals surface area contributed by atoms with E-state index < -0.39 is 0 Å². The molecule has 3 amide bonds. The molecule has 182 valence electrons. The van der Waals surface area contributed by atoms with E-state index in [9.17, 15) is 14.4 Å². The quantitative estimate of drug-likeness (QED) is 0.662. The van der Waals surface area contributed by atoms with Crippen molar-refractivity contribution in [2.75, 3.05) is 39.3 Å². The summed E-state index contributed by atoms with van der Waals surface area (Å²) in [5, 5.41) is 2.86. The summed E-state index contributed by atoms with van der Waals surface area (Å²) < 4.78 is 5.20. The third-order valence-electron chi connectivity index (χ3n) is 7.44. The van der Waals surface area contributed by atoms with Crippen molar-refractivity contribution in [2.45, 2.75) is 50.9 Å². The molecule has 34 heavy (non-hydrogen) atoms. The second-order valence-corrected chi connectivity index (χ2v) is 10.5. The van der Waals surface area contributed by atoms with Gasteiger partial charge in [0.2, 0.25) is 5.91 Å². The Morgan fingerprint density at radius 2 is 1.53 bits per heavy atom. The van der Waals surface area contributed by atoms with Crippen LogP contribution < -0.4 is 0 Å². The molecule has 0 aromatic carbocycles. The minimum absolute atomic E-state index is 0.0718. The highest BCUT2D eigenvalue weighted by molar-refractivity contribution is 7.09. The number of carbonyl (C=O) groups is 3. The van der Waals surface area contributed by atoms with Gasteiger partial charge in [-0.2, -0.15) is 0 Å². The van der Waals surface area contributed by atoms with E-state index >= 15 is 0 Å². The van der Waals surface area contributed by atoms with Crippen molar-refractivity contribution >= 4 is 29.1 Å². The lowest BCUT2D eigenvalue weighted by atomic mass is 9.87. The summed E-state index contributed by atoms with van der Waals surface area (Å²) in [5.74, 6) is 1.00. The highest BCUT2D eigenvalue weighted by Gasteiger charge is 2.32. The topological polar surface area (TPSA) is 87.0 Å². The maximum atomic E-state index is 13.0. The zero-order valence-corrected chi connectivity index (χ0v) is 20.3. The number of piperazine rings is 1. The van der Waals surface area contributed by atoms with E-state index in [1.54, 1.807) is 33.3 Å². The monoisotopic (exact) mass is 484 g/mol. The Balaban J connectivity index is 1.11. The van der Waals surface area contributed by atoms with Crippen LogP contribution in [0.15, 0.2) is 28.2 Å². The molecule has 0 atom stereocenters. The summed E-state index contributed by atoms with van der Waals surface area (Å²) in [5.41, 5.74) is 0.492. The van der Waals surface area contributed by atoms with Crippen LogP contribution in [0.4, 0.5) is 0 Å². The molecule has 0 spiro atoms. The van der Waals surface area contributed by atoms with E-state index in [0.717, 1.165) is 43.8 Å². The molecule has 1 aliphatic carbocycles. The second kappa shape index (κ2) is 10.3. The largest absolute Gasteiger partial charge is 0.459 e. The molecule has 2 aliphatic heterocycles. The number of amides is 3. The van der Waals surface area contributed by atoms with Crippen LogP contribution in [0.3, 0.4) is 0 Å². The van der Waals surface area contributed by atoms with Gasteiger partial charge in [-0.15, -0.1) is 11.3 Å². The Bertz CT molecular complexity index is 998. The lowest BCUT2D eigenvalue weighted by Gasteiger charge is -2.34. The van der Waals surface area contributed by atoms with E-state index in [1.807, 2.05) is 5.38 Å². The van der Waals surface area contributed by atoms with Crippen LogP contribution in [0.2, 0.25) is 0 Å². The number of nitrogens with zero attached hydrogens (tertiary/aromatic N) is 4. The van der Waals surface area contributed by atoms with Gasteiger partial charge >= 0.3 is 0 Å². The molecule has 0 radical (unpaired) electrons. The number of likely N-dealkylation sites (tertiary alicyclic amines) is 1. The second-order valence-electron chi connectivity index (χ2n) is 9.57. The van der Waals surface area contributed by atoms with Crippen molar-refractivity contribution < 1.29 is 18.8 Å². The van der Waals surface area contributed by atoms with E-state index in [-0.39, 0.29) is 17.7 Å². The van der Waals surface area contributed by atoms with Crippen LogP contribution >= 0.6 is 11.3 Å². The fourth-order valence-corrected chi connectivity index (χ4v) is 6.32. The number of piperidine rings is 1. The van der Waals surface area contributed by atoms with Gasteiger partial charge in [-0.05, 0) is 37.8 Å². The maximum absolute atomic E-state index is 13.0.